The predicted octanol–water partition coefficient (Wildman–Crippen LogP) is 21.4. The molecule has 1 amide bonds. The van der Waals surface area contributed by atoms with Crippen LogP contribution in [0.2, 0.25) is 0 Å². The van der Waals surface area contributed by atoms with Crippen LogP contribution in [-0.2, 0) is 14.3 Å². The van der Waals surface area contributed by atoms with Gasteiger partial charge in [-0.3, -0.25) is 9.59 Å². The molecule has 0 aromatic heterocycles. The average Bonchev–Trinajstić information content (AvgIpc) is 3.40. The van der Waals surface area contributed by atoms with Crippen LogP contribution in [0.3, 0.4) is 0 Å². The van der Waals surface area contributed by atoms with Crippen molar-refractivity contribution in [3.63, 3.8) is 0 Å². The molecule has 0 aromatic carbocycles. The van der Waals surface area contributed by atoms with Gasteiger partial charge in [-0.05, 0) is 57.8 Å². The molecule has 0 rings (SSSR count). The number of amides is 1. The highest BCUT2D eigenvalue weighted by atomic mass is 16.5. The maximum atomic E-state index is 12.5. The second-order valence-corrected chi connectivity index (χ2v) is 23.2. The van der Waals surface area contributed by atoms with Gasteiger partial charge in [-0.25, -0.2) is 0 Å². The summed E-state index contributed by atoms with van der Waals surface area (Å²) in [4.78, 5) is 24.6. The molecule has 0 radical (unpaired) electrons. The fourth-order valence-electron chi connectivity index (χ4n) is 10.6. The van der Waals surface area contributed by atoms with E-state index in [0.29, 0.717) is 19.4 Å². The fraction of sp³-hybridized carbons (Fsp3) is 0.912. The van der Waals surface area contributed by atoms with Crippen LogP contribution in [0.4, 0.5) is 0 Å². The summed E-state index contributed by atoms with van der Waals surface area (Å²) in [6.45, 7) is 4.93. The summed E-state index contributed by atoms with van der Waals surface area (Å²) < 4.78 is 5.50. The Kier molecular flexibility index (Phi) is 62.4. The molecule has 0 saturated carbocycles. The van der Waals surface area contributed by atoms with Crippen LogP contribution in [0.25, 0.3) is 0 Å². The van der Waals surface area contributed by atoms with Crippen molar-refractivity contribution in [2.75, 3.05) is 13.2 Å². The van der Waals surface area contributed by atoms with Crippen LogP contribution in [0.15, 0.2) is 24.3 Å². The molecular formula is C68H131NO5. The largest absolute Gasteiger partial charge is 0.466 e. The number of carbonyl (C=O) groups is 2. The van der Waals surface area contributed by atoms with Gasteiger partial charge in [0.15, 0.2) is 0 Å². The van der Waals surface area contributed by atoms with Crippen LogP contribution in [0.5, 0.6) is 0 Å². The van der Waals surface area contributed by atoms with Crippen molar-refractivity contribution in [2.45, 2.75) is 386 Å². The third-order valence-electron chi connectivity index (χ3n) is 15.7. The van der Waals surface area contributed by atoms with Gasteiger partial charge in [0.05, 0.1) is 25.4 Å². The number of aliphatic hydroxyl groups is 2. The number of nitrogens with one attached hydrogen (secondary N) is 1. The molecule has 0 heterocycles. The number of carbonyl (C=O) groups excluding carboxylic acids is 2. The highest BCUT2D eigenvalue weighted by Crippen LogP contribution is 2.18. The van der Waals surface area contributed by atoms with E-state index >= 15 is 0 Å². The van der Waals surface area contributed by atoms with Crippen LogP contribution >= 0.6 is 0 Å². The summed E-state index contributed by atoms with van der Waals surface area (Å²) in [5.74, 6) is -0.0716. The zero-order valence-corrected chi connectivity index (χ0v) is 50.1. The Balaban J connectivity index is 3.45. The number of allylic oxidation sites excluding steroid dienone is 3. The summed E-state index contributed by atoms with van der Waals surface area (Å²) in [5, 5.41) is 23.2. The second kappa shape index (κ2) is 63.9. The van der Waals surface area contributed by atoms with E-state index in [0.717, 1.165) is 57.8 Å². The topological polar surface area (TPSA) is 95.9 Å². The first-order chi connectivity index (χ1) is 36.5. The lowest BCUT2D eigenvalue weighted by Crippen LogP contribution is -2.45. The Hall–Kier alpha value is -1.66. The molecule has 6 nitrogen and oxygen atoms in total. The molecule has 0 aliphatic rings. The van der Waals surface area contributed by atoms with Crippen molar-refractivity contribution in [3.8, 4) is 0 Å². The standard InChI is InChI=1S/C68H131NO5/c1-3-5-7-9-11-13-15-17-19-21-22-23-24-25-29-32-36-40-44-48-52-56-60-66(71)65(64-70)69-67(72)61-57-53-49-45-41-37-33-30-26-27-31-35-39-43-47-51-55-59-63-74-68(73)62-58-54-50-46-42-38-34-28-20-18-16-14-12-10-8-6-4-2/h30,33,56,60,65-66,70-71H,3-29,31-32,34-55,57-59,61-64H2,1-2H3,(H,69,72)/b33-30-,60-56+. The van der Waals surface area contributed by atoms with E-state index in [1.54, 1.807) is 6.08 Å². The lowest BCUT2D eigenvalue weighted by Gasteiger charge is -2.20. The number of ether oxygens (including phenoxy) is 1. The van der Waals surface area contributed by atoms with Crippen LogP contribution in [0, 0.1) is 0 Å². The molecule has 0 bridgehead atoms. The normalized spacial score (nSPS) is 12.6. The SMILES string of the molecule is CCCCCCCCCCCCCCCCCCCCCC/C=C/C(O)C(CO)NC(=O)CCCCCCC/C=C\CCCCCCCCCCCOC(=O)CCCCCCCCCCCCCCCCCCC. The van der Waals surface area contributed by atoms with Crippen molar-refractivity contribution in [1.29, 1.82) is 0 Å². The van der Waals surface area contributed by atoms with Crippen molar-refractivity contribution in [1.82, 2.24) is 5.32 Å². The molecule has 0 fully saturated rings. The Morgan fingerprint density at radius 3 is 0.959 bits per heavy atom. The van der Waals surface area contributed by atoms with Gasteiger partial charge in [-0.15, -0.1) is 0 Å². The second-order valence-electron chi connectivity index (χ2n) is 23.2. The highest BCUT2D eigenvalue weighted by molar-refractivity contribution is 5.76. The fourth-order valence-corrected chi connectivity index (χ4v) is 10.6. The molecule has 0 aromatic rings. The number of unbranched alkanes of at least 4 members (excludes halogenated alkanes) is 50. The number of hydrogen-bond donors (Lipinski definition) is 3. The Morgan fingerprint density at radius 2 is 0.635 bits per heavy atom. The molecule has 438 valence electrons. The number of rotatable bonds is 63. The van der Waals surface area contributed by atoms with Crippen LogP contribution < -0.4 is 5.32 Å². The first-order valence-electron chi connectivity index (χ1n) is 33.6. The predicted molar refractivity (Wildman–Crippen MR) is 324 cm³/mol. The maximum absolute atomic E-state index is 12.5. The molecule has 0 saturated heterocycles. The highest BCUT2D eigenvalue weighted by Gasteiger charge is 2.18. The molecule has 0 aliphatic heterocycles. The van der Waals surface area contributed by atoms with Crippen molar-refractivity contribution >= 4 is 11.9 Å². The minimum atomic E-state index is -0.854. The summed E-state index contributed by atoms with van der Waals surface area (Å²) in [7, 11) is 0. The van der Waals surface area contributed by atoms with E-state index in [4.69, 9.17) is 4.74 Å². The Morgan fingerprint density at radius 1 is 0.365 bits per heavy atom. The quantitative estimate of drug-likeness (QED) is 0.0320. The minimum absolute atomic E-state index is 0.00690. The van der Waals surface area contributed by atoms with Gasteiger partial charge >= 0.3 is 5.97 Å². The summed E-state index contributed by atoms with van der Waals surface area (Å²) in [5.41, 5.74) is 0. The number of hydrogen-bond acceptors (Lipinski definition) is 5. The average molecular weight is 1040 g/mol. The lowest BCUT2D eigenvalue weighted by atomic mass is 10.0. The number of aliphatic hydroxyl groups excluding tert-OH is 2. The zero-order chi connectivity index (χ0) is 53.6. The van der Waals surface area contributed by atoms with Gasteiger partial charge in [0.25, 0.3) is 0 Å². The number of esters is 1. The van der Waals surface area contributed by atoms with Gasteiger partial charge in [0, 0.05) is 12.8 Å². The molecule has 3 N–H and O–H groups in total. The van der Waals surface area contributed by atoms with Gasteiger partial charge in [-0.1, -0.05) is 327 Å². The molecule has 74 heavy (non-hydrogen) atoms. The summed E-state index contributed by atoms with van der Waals surface area (Å²) in [6.07, 6.45) is 79.5. The lowest BCUT2D eigenvalue weighted by molar-refractivity contribution is -0.143. The first-order valence-corrected chi connectivity index (χ1v) is 33.6. The monoisotopic (exact) mass is 1040 g/mol. The third-order valence-corrected chi connectivity index (χ3v) is 15.7. The molecule has 2 atom stereocenters. The van der Waals surface area contributed by atoms with Crippen molar-refractivity contribution < 1.29 is 24.5 Å². The summed E-state index contributed by atoms with van der Waals surface area (Å²) in [6, 6.07) is -0.639. The third kappa shape index (κ3) is 59.6. The molecule has 2 unspecified atom stereocenters. The smallest absolute Gasteiger partial charge is 0.305 e. The Labute approximate surface area is 462 Å². The Bertz CT molecular complexity index is 1150. The first kappa shape index (κ1) is 72.3. The van der Waals surface area contributed by atoms with E-state index in [-0.39, 0.29) is 18.5 Å². The van der Waals surface area contributed by atoms with Gasteiger partial charge in [-0.2, -0.15) is 0 Å². The van der Waals surface area contributed by atoms with E-state index in [1.165, 1.54) is 289 Å². The maximum Gasteiger partial charge on any atom is 0.305 e. The molecular weight excluding hydrogens is 911 g/mol. The van der Waals surface area contributed by atoms with E-state index in [1.807, 2.05) is 6.08 Å². The molecule has 6 heteroatoms. The van der Waals surface area contributed by atoms with E-state index < -0.39 is 12.1 Å². The van der Waals surface area contributed by atoms with E-state index in [9.17, 15) is 19.8 Å². The van der Waals surface area contributed by atoms with Crippen molar-refractivity contribution in [2.24, 2.45) is 0 Å². The minimum Gasteiger partial charge on any atom is -0.466 e. The zero-order valence-electron chi connectivity index (χ0n) is 50.1. The van der Waals surface area contributed by atoms with Gasteiger partial charge in [0.1, 0.15) is 0 Å². The van der Waals surface area contributed by atoms with Crippen LogP contribution in [0.1, 0.15) is 373 Å². The van der Waals surface area contributed by atoms with E-state index in [2.05, 4.69) is 31.3 Å². The van der Waals surface area contributed by atoms with Gasteiger partial charge < -0.3 is 20.3 Å². The molecule has 0 aliphatic carbocycles. The molecule has 0 spiro atoms. The van der Waals surface area contributed by atoms with Crippen molar-refractivity contribution in [3.05, 3.63) is 24.3 Å². The summed E-state index contributed by atoms with van der Waals surface area (Å²) >= 11 is 0. The van der Waals surface area contributed by atoms with Gasteiger partial charge in [0.2, 0.25) is 5.91 Å². The van der Waals surface area contributed by atoms with Crippen LogP contribution in [-0.4, -0.2) is 47.4 Å².